The topological polar surface area (TPSA) is 59.3 Å². The van der Waals surface area contributed by atoms with Gasteiger partial charge in [-0.2, -0.15) is 5.26 Å². The molecule has 4 heteroatoms. The molecule has 0 radical (unpaired) electrons. The first-order chi connectivity index (χ1) is 7.30. The summed E-state index contributed by atoms with van der Waals surface area (Å²) in [6, 6.07) is 2.64. The highest BCUT2D eigenvalue weighted by molar-refractivity contribution is 4.87. The Bertz CT molecular complexity index is 214. The van der Waals surface area contributed by atoms with E-state index in [9.17, 15) is 0 Å². The Labute approximate surface area is 91.9 Å². The van der Waals surface area contributed by atoms with Crippen molar-refractivity contribution in [1.82, 2.24) is 10.2 Å². The molecule has 1 aliphatic rings. The summed E-state index contributed by atoms with van der Waals surface area (Å²) in [7, 11) is 0. The number of rotatable bonds is 5. The van der Waals surface area contributed by atoms with Gasteiger partial charge in [-0.15, -0.1) is 0 Å². The van der Waals surface area contributed by atoms with Crippen molar-refractivity contribution in [2.75, 3.05) is 32.8 Å². The number of likely N-dealkylation sites (tertiary alicyclic amines) is 1. The monoisotopic (exact) mass is 211 g/mol. The van der Waals surface area contributed by atoms with Crippen LogP contribution in [0.5, 0.6) is 0 Å². The number of hydrogen-bond acceptors (Lipinski definition) is 4. The third-order valence-corrected chi connectivity index (χ3v) is 3.03. The van der Waals surface area contributed by atoms with Crippen molar-refractivity contribution >= 4 is 0 Å². The molecule has 0 aromatic carbocycles. The first kappa shape index (κ1) is 12.4. The second kappa shape index (κ2) is 6.78. The van der Waals surface area contributed by atoms with Gasteiger partial charge in [0.15, 0.2) is 0 Å². The third-order valence-electron chi connectivity index (χ3n) is 3.03. The molecule has 1 saturated heterocycles. The largest absolute Gasteiger partial charge is 0.395 e. The highest BCUT2D eigenvalue weighted by Gasteiger charge is 2.25. The predicted molar refractivity (Wildman–Crippen MR) is 59.3 cm³/mol. The molecular weight excluding hydrogens is 190 g/mol. The lowest BCUT2D eigenvalue weighted by atomic mass is 9.92. The first-order valence-corrected chi connectivity index (χ1v) is 5.73. The maximum Gasteiger partial charge on any atom is 0.0866 e. The molecule has 0 amide bonds. The first-order valence-electron chi connectivity index (χ1n) is 5.73. The summed E-state index contributed by atoms with van der Waals surface area (Å²) >= 11 is 0. The van der Waals surface area contributed by atoms with Gasteiger partial charge in [0.25, 0.3) is 0 Å². The van der Waals surface area contributed by atoms with Gasteiger partial charge in [0.05, 0.1) is 19.2 Å². The molecule has 15 heavy (non-hydrogen) atoms. The Morgan fingerprint density at radius 2 is 2.33 bits per heavy atom. The molecule has 86 valence electrons. The molecule has 1 heterocycles. The van der Waals surface area contributed by atoms with Crippen LogP contribution in [0.15, 0.2) is 0 Å². The SMILES string of the molecule is CCC1CC(NCCO)CN(CC#N)C1. The average molecular weight is 211 g/mol. The van der Waals surface area contributed by atoms with Crippen molar-refractivity contribution in [3.63, 3.8) is 0 Å². The van der Waals surface area contributed by atoms with Crippen molar-refractivity contribution in [2.24, 2.45) is 5.92 Å². The smallest absolute Gasteiger partial charge is 0.0866 e. The zero-order valence-corrected chi connectivity index (χ0v) is 9.45. The number of nitriles is 1. The average Bonchev–Trinajstić information content (AvgIpc) is 2.26. The zero-order valence-electron chi connectivity index (χ0n) is 9.45. The van der Waals surface area contributed by atoms with Crippen molar-refractivity contribution in [1.29, 1.82) is 5.26 Å². The van der Waals surface area contributed by atoms with Crippen LogP contribution in [0, 0.1) is 17.2 Å². The molecule has 1 rings (SSSR count). The summed E-state index contributed by atoms with van der Waals surface area (Å²) in [6.07, 6.45) is 2.33. The van der Waals surface area contributed by atoms with Crippen LogP contribution in [0.1, 0.15) is 19.8 Å². The van der Waals surface area contributed by atoms with Gasteiger partial charge in [-0.1, -0.05) is 13.3 Å². The minimum absolute atomic E-state index is 0.186. The number of piperidine rings is 1. The lowest BCUT2D eigenvalue weighted by molar-refractivity contribution is 0.148. The van der Waals surface area contributed by atoms with Crippen molar-refractivity contribution in [3.8, 4) is 6.07 Å². The van der Waals surface area contributed by atoms with Gasteiger partial charge in [-0.3, -0.25) is 4.90 Å². The molecule has 2 N–H and O–H groups in total. The molecule has 0 aromatic heterocycles. The number of nitrogens with one attached hydrogen (secondary N) is 1. The minimum Gasteiger partial charge on any atom is -0.395 e. The number of nitrogens with zero attached hydrogens (tertiary/aromatic N) is 2. The summed E-state index contributed by atoms with van der Waals surface area (Å²) in [4.78, 5) is 2.20. The van der Waals surface area contributed by atoms with Crippen LogP contribution >= 0.6 is 0 Å². The van der Waals surface area contributed by atoms with E-state index in [0.29, 0.717) is 25.0 Å². The maximum absolute atomic E-state index is 8.76. The summed E-state index contributed by atoms with van der Waals surface area (Å²) in [5.74, 6) is 0.684. The molecule has 2 atom stereocenters. The lowest BCUT2D eigenvalue weighted by Crippen LogP contribution is -2.49. The van der Waals surface area contributed by atoms with E-state index in [1.54, 1.807) is 0 Å². The molecule has 1 aliphatic heterocycles. The molecule has 0 saturated carbocycles. The maximum atomic E-state index is 8.76. The van der Waals surface area contributed by atoms with E-state index in [1.807, 2.05) is 0 Å². The van der Waals surface area contributed by atoms with Gasteiger partial charge in [0.2, 0.25) is 0 Å². The Balaban J connectivity index is 2.40. The minimum atomic E-state index is 0.186. The highest BCUT2D eigenvalue weighted by atomic mass is 16.3. The van der Waals surface area contributed by atoms with E-state index in [4.69, 9.17) is 10.4 Å². The second-order valence-electron chi connectivity index (χ2n) is 4.24. The Morgan fingerprint density at radius 1 is 1.53 bits per heavy atom. The Morgan fingerprint density at radius 3 is 2.93 bits per heavy atom. The Hall–Kier alpha value is -0.630. The van der Waals surface area contributed by atoms with Crippen molar-refractivity contribution < 1.29 is 5.11 Å². The highest BCUT2D eigenvalue weighted by Crippen LogP contribution is 2.19. The van der Waals surface area contributed by atoms with E-state index in [-0.39, 0.29) is 6.61 Å². The summed E-state index contributed by atoms with van der Waals surface area (Å²) in [6.45, 7) is 5.54. The number of hydrogen-bond donors (Lipinski definition) is 2. The van der Waals surface area contributed by atoms with Crippen LogP contribution in [0.25, 0.3) is 0 Å². The van der Waals surface area contributed by atoms with E-state index < -0.39 is 0 Å². The standard InChI is InChI=1S/C11H21N3O/c1-2-10-7-11(13-4-6-15)9-14(8-10)5-3-12/h10-11,13,15H,2,4-9H2,1H3. The third kappa shape index (κ3) is 4.17. The zero-order chi connectivity index (χ0) is 11.1. The van der Waals surface area contributed by atoms with Gasteiger partial charge < -0.3 is 10.4 Å². The van der Waals surface area contributed by atoms with Crippen molar-refractivity contribution in [2.45, 2.75) is 25.8 Å². The van der Waals surface area contributed by atoms with Crippen LogP contribution in [-0.4, -0.2) is 48.8 Å². The lowest BCUT2D eigenvalue weighted by Gasteiger charge is -2.36. The molecule has 4 nitrogen and oxygen atoms in total. The van der Waals surface area contributed by atoms with E-state index in [1.165, 1.54) is 12.8 Å². The van der Waals surface area contributed by atoms with Crippen LogP contribution in [0.2, 0.25) is 0 Å². The fourth-order valence-corrected chi connectivity index (χ4v) is 2.24. The van der Waals surface area contributed by atoms with Gasteiger partial charge in [0.1, 0.15) is 0 Å². The van der Waals surface area contributed by atoms with Gasteiger partial charge in [-0.25, -0.2) is 0 Å². The van der Waals surface area contributed by atoms with E-state index >= 15 is 0 Å². The molecule has 0 bridgehead atoms. The van der Waals surface area contributed by atoms with Gasteiger partial charge in [-0.05, 0) is 12.3 Å². The molecule has 0 spiro atoms. The van der Waals surface area contributed by atoms with Gasteiger partial charge in [0, 0.05) is 25.7 Å². The van der Waals surface area contributed by atoms with Crippen molar-refractivity contribution in [3.05, 3.63) is 0 Å². The molecular formula is C11H21N3O. The predicted octanol–water partition coefficient (Wildman–Crippen LogP) is 0.192. The summed E-state index contributed by atoms with van der Waals surface area (Å²) < 4.78 is 0. The van der Waals surface area contributed by atoms with E-state index in [2.05, 4.69) is 23.2 Å². The fourth-order valence-electron chi connectivity index (χ4n) is 2.24. The fraction of sp³-hybridized carbons (Fsp3) is 0.909. The number of aliphatic hydroxyl groups is 1. The Kier molecular flexibility index (Phi) is 5.62. The summed E-state index contributed by atoms with van der Waals surface area (Å²) in [5.41, 5.74) is 0. The van der Waals surface area contributed by atoms with Crippen LogP contribution < -0.4 is 5.32 Å². The van der Waals surface area contributed by atoms with Crippen LogP contribution in [-0.2, 0) is 0 Å². The van der Waals surface area contributed by atoms with Crippen LogP contribution in [0.3, 0.4) is 0 Å². The quantitative estimate of drug-likeness (QED) is 0.637. The molecule has 2 unspecified atom stereocenters. The normalized spacial score (nSPS) is 27.5. The molecule has 0 aliphatic carbocycles. The number of aliphatic hydroxyl groups excluding tert-OH is 1. The second-order valence-corrected chi connectivity index (χ2v) is 4.24. The molecule has 0 aromatic rings. The van der Waals surface area contributed by atoms with E-state index in [0.717, 1.165) is 13.1 Å². The summed E-state index contributed by atoms with van der Waals surface area (Å²) in [5, 5.41) is 20.8. The van der Waals surface area contributed by atoms with Crippen LogP contribution in [0.4, 0.5) is 0 Å². The van der Waals surface area contributed by atoms with Gasteiger partial charge >= 0.3 is 0 Å². The molecule has 1 fully saturated rings.